The lowest BCUT2D eigenvalue weighted by atomic mass is 10.3. The second kappa shape index (κ2) is 14.8. The molecule has 2 heterocycles. The standard InChI is InChI=1S/C20H35N5O2.HI/c1-3-21-20(23-11-7-12-24-14-16-27-17-15-24)22-10-4-5-13-25-18(2)8-6-9-19(25)26;/h6,8-9H,3-5,7,10-17H2,1-2H3,(H2,21,22,23);1H. The first kappa shape index (κ1) is 24.9. The zero-order chi connectivity index (χ0) is 19.3. The summed E-state index contributed by atoms with van der Waals surface area (Å²) < 4.78 is 7.21. The van der Waals surface area contributed by atoms with Crippen LogP contribution in [0.15, 0.2) is 28.0 Å². The van der Waals surface area contributed by atoms with E-state index in [0.29, 0.717) is 0 Å². The Labute approximate surface area is 186 Å². The molecule has 8 heteroatoms. The maximum Gasteiger partial charge on any atom is 0.250 e. The number of halogens is 1. The number of guanidine groups is 1. The molecule has 0 aromatic carbocycles. The number of ether oxygens (including phenoxy) is 1. The average Bonchev–Trinajstić information content (AvgIpc) is 2.67. The van der Waals surface area contributed by atoms with Gasteiger partial charge in [-0.2, -0.15) is 0 Å². The van der Waals surface area contributed by atoms with Crippen LogP contribution in [-0.2, 0) is 11.3 Å². The molecule has 0 bridgehead atoms. The van der Waals surface area contributed by atoms with Crippen LogP contribution < -0.4 is 16.2 Å². The Morgan fingerprint density at radius 1 is 1.14 bits per heavy atom. The van der Waals surface area contributed by atoms with Gasteiger partial charge >= 0.3 is 0 Å². The van der Waals surface area contributed by atoms with E-state index in [1.807, 2.05) is 23.6 Å². The number of morpholine rings is 1. The van der Waals surface area contributed by atoms with E-state index in [1.165, 1.54) is 0 Å². The summed E-state index contributed by atoms with van der Waals surface area (Å²) in [6.45, 7) is 12.2. The number of nitrogens with zero attached hydrogens (tertiary/aromatic N) is 3. The number of hydrogen-bond donors (Lipinski definition) is 2. The number of pyridine rings is 1. The van der Waals surface area contributed by atoms with Gasteiger partial charge in [0.1, 0.15) is 0 Å². The summed E-state index contributed by atoms with van der Waals surface area (Å²) in [5.74, 6) is 0.882. The topological polar surface area (TPSA) is 70.9 Å². The molecule has 0 aliphatic carbocycles. The molecule has 2 N–H and O–H groups in total. The summed E-state index contributed by atoms with van der Waals surface area (Å²) in [5.41, 5.74) is 1.10. The smallest absolute Gasteiger partial charge is 0.250 e. The molecular formula is C20H36IN5O2. The molecule has 0 saturated carbocycles. The first-order chi connectivity index (χ1) is 13.2. The summed E-state index contributed by atoms with van der Waals surface area (Å²) in [6.07, 6.45) is 3.03. The van der Waals surface area contributed by atoms with Crippen molar-refractivity contribution in [1.29, 1.82) is 0 Å². The molecule has 0 spiro atoms. The van der Waals surface area contributed by atoms with Crippen molar-refractivity contribution < 1.29 is 4.74 Å². The summed E-state index contributed by atoms with van der Waals surface area (Å²) >= 11 is 0. The fraction of sp³-hybridized carbons (Fsp3) is 0.700. The van der Waals surface area contributed by atoms with Gasteiger partial charge in [0, 0.05) is 57.6 Å². The molecular weight excluding hydrogens is 469 g/mol. The van der Waals surface area contributed by atoms with E-state index >= 15 is 0 Å². The Balaban J connectivity index is 0.00000392. The largest absolute Gasteiger partial charge is 0.379 e. The lowest BCUT2D eigenvalue weighted by Gasteiger charge is -2.26. The van der Waals surface area contributed by atoms with E-state index in [1.54, 1.807) is 6.07 Å². The lowest BCUT2D eigenvalue weighted by molar-refractivity contribution is 0.0377. The van der Waals surface area contributed by atoms with Crippen molar-refractivity contribution in [2.24, 2.45) is 4.99 Å². The predicted molar refractivity (Wildman–Crippen MR) is 126 cm³/mol. The minimum atomic E-state index is 0. The number of rotatable bonds is 10. The van der Waals surface area contributed by atoms with E-state index in [2.05, 4.69) is 27.4 Å². The quantitative estimate of drug-likeness (QED) is 0.220. The molecule has 28 heavy (non-hydrogen) atoms. The van der Waals surface area contributed by atoms with Crippen LogP contribution in [0.3, 0.4) is 0 Å². The Hall–Kier alpha value is -1.13. The summed E-state index contributed by atoms with van der Waals surface area (Å²) in [6, 6.07) is 5.42. The maximum atomic E-state index is 11.9. The van der Waals surface area contributed by atoms with Crippen LogP contribution in [0.1, 0.15) is 31.9 Å². The molecule has 0 unspecified atom stereocenters. The first-order valence-corrected chi connectivity index (χ1v) is 10.2. The van der Waals surface area contributed by atoms with E-state index in [0.717, 1.165) is 89.9 Å². The molecule has 1 aromatic rings. The van der Waals surface area contributed by atoms with Crippen molar-refractivity contribution in [1.82, 2.24) is 20.1 Å². The first-order valence-electron chi connectivity index (χ1n) is 10.2. The lowest BCUT2D eigenvalue weighted by Crippen LogP contribution is -2.38. The van der Waals surface area contributed by atoms with Crippen LogP contribution in [0.2, 0.25) is 0 Å². The monoisotopic (exact) mass is 505 g/mol. The number of aliphatic imine (C=N–C) groups is 1. The number of unbranched alkanes of at least 4 members (excludes halogenated alkanes) is 1. The Bertz CT molecular complexity index is 629. The second-order valence-electron chi connectivity index (χ2n) is 6.86. The Morgan fingerprint density at radius 2 is 1.93 bits per heavy atom. The summed E-state index contributed by atoms with van der Waals surface area (Å²) in [4.78, 5) is 19.0. The highest BCUT2D eigenvalue weighted by Crippen LogP contribution is 1.99. The van der Waals surface area contributed by atoms with E-state index in [4.69, 9.17) is 4.74 Å². The number of aromatic nitrogens is 1. The van der Waals surface area contributed by atoms with Crippen molar-refractivity contribution in [2.75, 3.05) is 52.5 Å². The van der Waals surface area contributed by atoms with Crippen molar-refractivity contribution >= 4 is 29.9 Å². The van der Waals surface area contributed by atoms with Crippen molar-refractivity contribution in [3.63, 3.8) is 0 Å². The highest BCUT2D eigenvalue weighted by Gasteiger charge is 2.09. The van der Waals surface area contributed by atoms with Gasteiger partial charge in [-0.25, -0.2) is 0 Å². The normalized spacial score (nSPS) is 15.1. The van der Waals surface area contributed by atoms with Crippen LogP contribution in [0.4, 0.5) is 0 Å². The third-order valence-electron chi connectivity index (χ3n) is 4.72. The van der Waals surface area contributed by atoms with Gasteiger partial charge in [0.05, 0.1) is 13.2 Å². The van der Waals surface area contributed by atoms with Gasteiger partial charge in [-0.1, -0.05) is 6.07 Å². The number of aryl methyl sites for hydroxylation is 1. The van der Waals surface area contributed by atoms with Crippen molar-refractivity contribution in [3.05, 3.63) is 34.2 Å². The van der Waals surface area contributed by atoms with Crippen LogP contribution >= 0.6 is 24.0 Å². The highest BCUT2D eigenvalue weighted by molar-refractivity contribution is 14.0. The van der Waals surface area contributed by atoms with Gasteiger partial charge in [-0.3, -0.25) is 14.7 Å². The molecule has 0 amide bonds. The van der Waals surface area contributed by atoms with E-state index in [-0.39, 0.29) is 29.5 Å². The molecule has 0 atom stereocenters. The van der Waals surface area contributed by atoms with Gasteiger partial charge in [0.15, 0.2) is 5.96 Å². The molecule has 1 aliphatic rings. The summed E-state index contributed by atoms with van der Waals surface area (Å²) in [5, 5.41) is 6.69. The van der Waals surface area contributed by atoms with Gasteiger partial charge in [-0.15, -0.1) is 24.0 Å². The molecule has 1 aromatic heterocycles. The van der Waals surface area contributed by atoms with E-state index < -0.39 is 0 Å². The highest BCUT2D eigenvalue weighted by atomic mass is 127. The Kier molecular flexibility index (Phi) is 13.2. The fourth-order valence-corrected chi connectivity index (χ4v) is 3.16. The molecule has 160 valence electrons. The van der Waals surface area contributed by atoms with Crippen molar-refractivity contribution in [2.45, 2.75) is 39.7 Å². The minimum Gasteiger partial charge on any atom is -0.379 e. The van der Waals surface area contributed by atoms with Gasteiger partial charge in [-0.05, 0) is 39.2 Å². The van der Waals surface area contributed by atoms with Gasteiger partial charge in [0.25, 0.3) is 5.56 Å². The third kappa shape index (κ3) is 9.38. The molecule has 0 radical (unpaired) electrons. The van der Waals surface area contributed by atoms with Gasteiger partial charge in [0.2, 0.25) is 0 Å². The molecule has 7 nitrogen and oxygen atoms in total. The molecule has 1 saturated heterocycles. The zero-order valence-electron chi connectivity index (χ0n) is 17.3. The third-order valence-corrected chi connectivity index (χ3v) is 4.72. The van der Waals surface area contributed by atoms with Crippen LogP contribution in [0, 0.1) is 6.92 Å². The number of hydrogen-bond acceptors (Lipinski definition) is 4. The van der Waals surface area contributed by atoms with Crippen LogP contribution in [-0.4, -0.2) is 67.9 Å². The maximum absolute atomic E-state index is 11.9. The summed E-state index contributed by atoms with van der Waals surface area (Å²) in [7, 11) is 0. The van der Waals surface area contributed by atoms with Gasteiger partial charge < -0.3 is 19.9 Å². The van der Waals surface area contributed by atoms with Crippen LogP contribution in [0.25, 0.3) is 0 Å². The minimum absolute atomic E-state index is 0. The second-order valence-corrected chi connectivity index (χ2v) is 6.86. The van der Waals surface area contributed by atoms with Crippen molar-refractivity contribution in [3.8, 4) is 0 Å². The average molecular weight is 505 g/mol. The zero-order valence-corrected chi connectivity index (χ0v) is 19.6. The molecule has 1 fully saturated rings. The van der Waals surface area contributed by atoms with E-state index in [9.17, 15) is 4.79 Å². The SMILES string of the molecule is CCNC(=NCCCN1CCOCC1)NCCCCn1c(C)cccc1=O.I. The predicted octanol–water partition coefficient (Wildman–Crippen LogP) is 1.83. The Morgan fingerprint density at radius 3 is 2.64 bits per heavy atom. The molecule has 1 aliphatic heterocycles. The van der Waals surface area contributed by atoms with Crippen LogP contribution in [0.5, 0.6) is 0 Å². The number of nitrogens with one attached hydrogen (secondary N) is 2. The molecule has 2 rings (SSSR count). The fourth-order valence-electron chi connectivity index (χ4n) is 3.16.